The Hall–Kier alpha value is -1.57. The van der Waals surface area contributed by atoms with Crippen LogP contribution in [0.15, 0.2) is 36.4 Å². The number of carbonyl (C=O) groups excluding carboxylic acids is 1. The molecule has 0 aliphatic rings. The maximum atomic E-state index is 9.64. The Morgan fingerprint density at radius 3 is 2.75 bits per heavy atom. The molecule has 0 aromatic heterocycles. The van der Waals surface area contributed by atoms with Crippen LogP contribution >= 0.6 is 0 Å². The van der Waals surface area contributed by atoms with Crippen molar-refractivity contribution in [2.75, 3.05) is 6.61 Å². The van der Waals surface area contributed by atoms with E-state index in [1.165, 1.54) is 6.47 Å². The fourth-order valence-electron chi connectivity index (χ4n) is 0.830. The molecule has 0 saturated carbocycles. The van der Waals surface area contributed by atoms with E-state index in [0.717, 1.165) is 5.56 Å². The number of ether oxygens (including phenoxy) is 1. The zero-order valence-electron chi connectivity index (χ0n) is 6.57. The molecule has 1 radical (unpaired) electrons. The van der Waals surface area contributed by atoms with E-state index in [1.807, 2.05) is 36.4 Å². The van der Waals surface area contributed by atoms with E-state index in [0.29, 0.717) is 0 Å². The average Bonchev–Trinajstić information content (AvgIpc) is 2.14. The van der Waals surface area contributed by atoms with Gasteiger partial charge in [0.15, 0.2) is 0 Å². The highest BCUT2D eigenvalue weighted by Gasteiger charge is 1.81. The predicted octanol–water partition coefficient (Wildman–Crippen LogP) is 1.78. The highest BCUT2D eigenvalue weighted by molar-refractivity contribution is 5.49. The Morgan fingerprint density at radius 2 is 2.08 bits per heavy atom. The quantitative estimate of drug-likeness (QED) is 0.629. The van der Waals surface area contributed by atoms with Crippen molar-refractivity contribution < 1.29 is 9.53 Å². The molecule has 12 heavy (non-hydrogen) atoms. The molecule has 0 aliphatic heterocycles. The molecule has 0 saturated heterocycles. The molecule has 1 aromatic rings. The first-order valence-electron chi connectivity index (χ1n) is 3.64. The van der Waals surface area contributed by atoms with Crippen LogP contribution < -0.4 is 0 Å². The van der Waals surface area contributed by atoms with E-state index in [2.05, 4.69) is 4.74 Å². The molecule has 61 valence electrons. The summed E-state index contributed by atoms with van der Waals surface area (Å²) in [5.41, 5.74) is 1.09. The third-order valence-electron chi connectivity index (χ3n) is 1.35. The van der Waals surface area contributed by atoms with Gasteiger partial charge in [0, 0.05) is 0 Å². The standard InChI is InChI=1S/C10H9O2/c11-9-12-8-4-7-10-5-2-1-3-6-10/h1-7H,8H2/b7-4+. The third-order valence-corrected chi connectivity index (χ3v) is 1.35. The van der Waals surface area contributed by atoms with Crippen molar-refractivity contribution in [3.8, 4) is 0 Å². The molecule has 0 spiro atoms. The number of rotatable bonds is 4. The van der Waals surface area contributed by atoms with Gasteiger partial charge in [-0.05, 0) is 11.6 Å². The first-order chi connectivity index (χ1) is 5.93. The summed E-state index contributed by atoms with van der Waals surface area (Å²) in [6.07, 6.45) is 3.65. The van der Waals surface area contributed by atoms with Crippen LogP contribution in [0.4, 0.5) is 0 Å². The molecular formula is C10H9O2. The van der Waals surface area contributed by atoms with Crippen LogP contribution in [-0.2, 0) is 9.53 Å². The largest absolute Gasteiger partial charge is 0.453 e. The van der Waals surface area contributed by atoms with Crippen LogP contribution in [0.25, 0.3) is 6.08 Å². The van der Waals surface area contributed by atoms with Gasteiger partial charge in [-0.15, -0.1) is 0 Å². The van der Waals surface area contributed by atoms with Gasteiger partial charge in [0.05, 0.1) is 0 Å². The maximum Gasteiger partial charge on any atom is 0.417 e. The molecule has 0 aliphatic carbocycles. The van der Waals surface area contributed by atoms with Gasteiger partial charge in [0.25, 0.3) is 0 Å². The zero-order valence-corrected chi connectivity index (χ0v) is 6.57. The normalized spacial score (nSPS) is 10.0. The van der Waals surface area contributed by atoms with Crippen LogP contribution in [0, 0.1) is 0 Å². The summed E-state index contributed by atoms with van der Waals surface area (Å²) >= 11 is 0. The van der Waals surface area contributed by atoms with Crippen LogP contribution in [0.1, 0.15) is 5.56 Å². The summed E-state index contributed by atoms with van der Waals surface area (Å²) in [6.45, 7) is 1.63. The van der Waals surface area contributed by atoms with Crippen molar-refractivity contribution >= 4 is 12.5 Å². The Kier molecular flexibility index (Phi) is 3.64. The lowest BCUT2D eigenvalue weighted by Gasteiger charge is -1.90. The van der Waals surface area contributed by atoms with Crippen LogP contribution in [-0.4, -0.2) is 13.1 Å². The summed E-state index contributed by atoms with van der Waals surface area (Å²) in [7, 11) is 0. The number of benzene rings is 1. The third kappa shape index (κ3) is 3.01. The molecule has 0 N–H and O–H groups in total. The SMILES string of the molecule is O=[C]OC/C=C/c1ccccc1. The van der Waals surface area contributed by atoms with E-state index >= 15 is 0 Å². The Balaban J connectivity index is 2.41. The average molecular weight is 161 g/mol. The van der Waals surface area contributed by atoms with Gasteiger partial charge < -0.3 is 4.74 Å². The van der Waals surface area contributed by atoms with Crippen molar-refractivity contribution in [3.05, 3.63) is 42.0 Å². The molecule has 0 atom stereocenters. The summed E-state index contributed by atoms with van der Waals surface area (Å²) in [6, 6.07) is 9.80. The minimum Gasteiger partial charge on any atom is -0.453 e. The second-order valence-corrected chi connectivity index (χ2v) is 2.21. The van der Waals surface area contributed by atoms with E-state index in [-0.39, 0.29) is 6.61 Å². The molecular weight excluding hydrogens is 152 g/mol. The maximum absolute atomic E-state index is 9.64. The first-order valence-corrected chi connectivity index (χ1v) is 3.64. The predicted molar refractivity (Wildman–Crippen MR) is 47.1 cm³/mol. The second-order valence-electron chi connectivity index (χ2n) is 2.21. The van der Waals surface area contributed by atoms with Crippen LogP contribution in [0.5, 0.6) is 0 Å². The van der Waals surface area contributed by atoms with Gasteiger partial charge in [0.2, 0.25) is 0 Å². The topological polar surface area (TPSA) is 26.3 Å². The minimum atomic E-state index is 0.276. The summed E-state index contributed by atoms with van der Waals surface area (Å²) < 4.78 is 4.36. The minimum absolute atomic E-state index is 0.276. The van der Waals surface area contributed by atoms with E-state index in [4.69, 9.17) is 0 Å². The fourth-order valence-corrected chi connectivity index (χ4v) is 0.830. The number of hydrogen-bond donors (Lipinski definition) is 0. The first kappa shape index (κ1) is 8.53. The second kappa shape index (κ2) is 5.13. The molecule has 0 heterocycles. The summed E-state index contributed by atoms with van der Waals surface area (Å²) in [5, 5.41) is 0. The summed E-state index contributed by atoms with van der Waals surface area (Å²) in [5.74, 6) is 0. The lowest BCUT2D eigenvalue weighted by Crippen LogP contribution is -1.84. The molecule has 0 unspecified atom stereocenters. The summed E-state index contributed by atoms with van der Waals surface area (Å²) in [4.78, 5) is 9.64. The molecule has 0 fully saturated rings. The van der Waals surface area contributed by atoms with Crippen molar-refractivity contribution in [2.24, 2.45) is 0 Å². The van der Waals surface area contributed by atoms with Gasteiger partial charge in [-0.2, -0.15) is 0 Å². The lowest BCUT2D eigenvalue weighted by molar-refractivity contribution is 0.314. The van der Waals surface area contributed by atoms with E-state index < -0.39 is 0 Å². The highest BCUT2D eigenvalue weighted by atomic mass is 16.5. The monoisotopic (exact) mass is 161 g/mol. The molecule has 2 nitrogen and oxygen atoms in total. The Labute approximate surface area is 71.5 Å². The van der Waals surface area contributed by atoms with Crippen LogP contribution in [0.2, 0.25) is 0 Å². The van der Waals surface area contributed by atoms with Crippen molar-refractivity contribution in [1.82, 2.24) is 0 Å². The fraction of sp³-hybridized carbons (Fsp3) is 0.100. The highest BCUT2D eigenvalue weighted by Crippen LogP contribution is 2.00. The van der Waals surface area contributed by atoms with Gasteiger partial charge in [-0.25, -0.2) is 4.79 Å². The van der Waals surface area contributed by atoms with Gasteiger partial charge >= 0.3 is 6.47 Å². The van der Waals surface area contributed by atoms with E-state index in [9.17, 15) is 4.79 Å². The number of hydrogen-bond acceptors (Lipinski definition) is 2. The zero-order chi connectivity index (χ0) is 8.65. The van der Waals surface area contributed by atoms with Crippen molar-refractivity contribution in [3.63, 3.8) is 0 Å². The smallest absolute Gasteiger partial charge is 0.417 e. The molecule has 2 heteroatoms. The molecule has 0 bridgehead atoms. The van der Waals surface area contributed by atoms with Crippen LogP contribution in [0.3, 0.4) is 0 Å². The van der Waals surface area contributed by atoms with Gasteiger partial charge in [-0.3, -0.25) is 0 Å². The lowest BCUT2D eigenvalue weighted by atomic mass is 10.2. The molecule has 1 rings (SSSR count). The van der Waals surface area contributed by atoms with Crippen molar-refractivity contribution in [1.29, 1.82) is 0 Å². The van der Waals surface area contributed by atoms with Gasteiger partial charge in [0.1, 0.15) is 6.61 Å². The molecule has 0 amide bonds. The van der Waals surface area contributed by atoms with Gasteiger partial charge in [-0.1, -0.05) is 36.4 Å². The molecule has 1 aromatic carbocycles. The Morgan fingerprint density at radius 1 is 1.33 bits per heavy atom. The Bertz CT molecular complexity index is 252. The van der Waals surface area contributed by atoms with E-state index in [1.54, 1.807) is 6.08 Å². The van der Waals surface area contributed by atoms with Crippen molar-refractivity contribution in [2.45, 2.75) is 0 Å².